The second-order valence-electron chi connectivity index (χ2n) is 3.11. The Morgan fingerprint density at radius 3 is 1.87 bits per heavy atom. The number of amides is 1. The standard InChI is InChI=1S/C7H13FN2O.2C2H6/c1-9(2)7-4-10(5-11)3-6(7)8;2*1-2/h5-7H,3-4H2,1-2H3;2*1-2H3. The van der Waals surface area contributed by atoms with Gasteiger partial charge in [-0.3, -0.25) is 4.79 Å². The van der Waals surface area contributed by atoms with E-state index in [1.54, 1.807) is 0 Å². The van der Waals surface area contributed by atoms with Crippen molar-refractivity contribution in [1.29, 1.82) is 0 Å². The summed E-state index contributed by atoms with van der Waals surface area (Å²) in [5.41, 5.74) is 0. The molecule has 0 N–H and O–H groups in total. The van der Waals surface area contributed by atoms with Crippen LogP contribution >= 0.6 is 0 Å². The molecule has 1 amide bonds. The van der Waals surface area contributed by atoms with Gasteiger partial charge >= 0.3 is 0 Å². The highest BCUT2D eigenvalue weighted by Gasteiger charge is 2.33. The lowest BCUT2D eigenvalue weighted by atomic mass is 10.2. The fourth-order valence-electron chi connectivity index (χ4n) is 1.35. The molecule has 15 heavy (non-hydrogen) atoms. The van der Waals surface area contributed by atoms with Crippen LogP contribution in [0.1, 0.15) is 27.7 Å². The van der Waals surface area contributed by atoms with Gasteiger partial charge in [-0.15, -0.1) is 0 Å². The second kappa shape index (κ2) is 9.90. The Morgan fingerprint density at radius 2 is 1.67 bits per heavy atom. The van der Waals surface area contributed by atoms with E-state index in [1.807, 2.05) is 46.7 Å². The summed E-state index contributed by atoms with van der Waals surface area (Å²) in [5.74, 6) is 0. The van der Waals surface area contributed by atoms with Gasteiger partial charge in [0.2, 0.25) is 6.41 Å². The number of rotatable bonds is 2. The van der Waals surface area contributed by atoms with E-state index >= 15 is 0 Å². The van der Waals surface area contributed by atoms with Crippen LogP contribution in [0.4, 0.5) is 4.39 Å². The lowest BCUT2D eigenvalue weighted by molar-refractivity contribution is -0.117. The number of likely N-dealkylation sites (N-methyl/N-ethyl adjacent to an activating group) is 1. The molecule has 0 aliphatic carbocycles. The topological polar surface area (TPSA) is 23.6 Å². The van der Waals surface area contributed by atoms with Crippen LogP contribution in [-0.2, 0) is 4.79 Å². The van der Waals surface area contributed by atoms with Crippen molar-refractivity contribution in [3.63, 3.8) is 0 Å². The second-order valence-corrected chi connectivity index (χ2v) is 3.11. The maximum atomic E-state index is 13.0. The highest BCUT2D eigenvalue weighted by molar-refractivity contribution is 5.48. The van der Waals surface area contributed by atoms with Crippen LogP contribution in [0.25, 0.3) is 0 Å². The molecule has 1 heterocycles. The van der Waals surface area contributed by atoms with Crippen molar-refractivity contribution in [1.82, 2.24) is 9.80 Å². The van der Waals surface area contributed by atoms with E-state index in [9.17, 15) is 9.18 Å². The predicted molar refractivity (Wildman–Crippen MR) is 62.7 cm³/mol. The summed E-state index contributed by atoms with van der Waals surface area (Å²) in [4.78, 5) is 13.5. The zero-order chi connectivity index (χ0) is 12.4. The molecule has 1 saturated heterocycles. The van der Waals surface area contributed by atoms with Gasteiger partial charge in [-0.1, -0.05) is 27.7 Å². The van der Waals surface area contributed by atoms with Crippen LogP contribution in [0.15, 0.2) is 0 Å². The minimum absolute atomic E-state index is 0.125. The molecule has 0 aromatic carbocycles. The lowest BCUT2D eigenvalue weighted by Crippen LogP contribution is -2.36. The Hall–Kier alpha value is -0.640. The molecule has 2 unspecified atom stereocenters. The van der Waals surface area contributed by atoms with Gasteiger partial charge in [0.05, 0.1) is 12.6 Å². The van der Waals surface area contributed by atoms with Crippen LogP contribution in [0.3, 0.4) is 0 Å². The molecule has 0 radical (unpaired) electrons. The van der Waals surface area contributed by atoms with Gasteiger partial charge in [-0.25, -0.2) is 4.39 Å². The van der Waals surface area contributed by atoms with E-state index in [2.05, 4.69) is 0 Å². The first-order valence-corrected chi connectivity index (χ1v) is 5.65. The van der Waals surface area contributed by atoms with E-state index in [-0.39, 0.29) is 12.6 Å². The minimum atomic E-state index is -0.893. The molecular formula is C11H25FN2O. The molecular weight excluding hydrogens is 195 g/mol. The third-order valence-electron chi connectivity index (χ3n) is 2.06. The summed E-state index contributed by atoms with van der Waals surface area (Å²) in [6.07, 6.45) is -0.189. The molecule has 0 bridgehead atoms. The third kappa shape index (κ3) is 5.72. The summed E-state index contributed by atoms with van der Waals surface area (Å²) in [6, 6.07) is -0.125. The molecule has 92 valence electrons. The minimum Gasteiger partial charge on any atom is -0.341 e. The maximum Gasteiger partial charge on any atom is 0.209 e. The molecule has 2 atom stereocenters. The Balaban J connectivity index is 0. The maximum absolute atomic E-state index is 13.0. The Labute approximate surface area is 93.2 Å². The number of halogens is 1. The summed E-state index contributed by atoms with van der Waals surface area (Å²) in [6.45, 7) is 8.75. The van der Waals surface area contributed by atoms with Gasteiger partial charge < -0.3 is 9.80 Å². The Morgan fingerprint density at radius 1 is 1.20 bits per heavy atom. The average molecular weight is 220 g/mol. The largest absolute Gasteiger partial charge is 0.341 e. The molecule has 1 aliphatic heterocycles. The summed E-state index contributed by atoms with van der Waals surface area (Å²) in [5, 5.41) is 0. The molecule has 1 rings (SSSR count). The fraction of sp³-hybridized carbons (Fsp3) is 0.909. The molecule has 4 heteroatoms. The number of likely N-dealkylation sites (tertiary alicyclic amines) is 1. The number of nitrogens with zero attached hydrogens (tertiary/aromatic N) is 2. The number of carbonyl (C=O) groups excluding carboxylic acids is 1. The number of alkyl halides is 1. The average Bonchev–Trinajstić information content (AvgIpc) is 2.65. The van der Waals surface area contributed by atoms with Gasteiger partial charge in [-0.05, 0) is 14.1 Å². The van der Waals surface area contributed by atoms with Gasteiger partial charge in [0.1, 0.15) is 6.17 Å². The molecule has 0 saturated carbocycles. The van der Waals surface area contributed by atoms with Crippen molar-refractivity contribution in [3.05, 3.63) is 0 Å². The molecule has 1 fully saturated rings. The predicted octanol–water partition coefficient (Wildman–Crippen LogP) is 1.78. The van der Waals surface area contributed by atoms with Crippen molar-refractivity contribution in [2.24, 2.45) is 0 Å². The van der Waals surface area contributed by atoms with Gasteiger partial charge in [-0.2, -0.15) is 0 Å². The zero-order valence-electron chi connectivity index (χ0n) is 10.8. The smallest absolute Gasteiger partial charge is 0.209 e. The molecule has 0 spiro atoms. The number of hydrogen-bond donors (Lipinski definition) is 0. The fourth-order valence-corrected chi connectivity index (χ4v) is 1.35. The normalized spacial score (nSPS) is 23.9. The van der Waals surface area contributed by atoms with E-state index in [0.29, 0.717) is 13.0 Å². The number of hydrogen-bond acceptors (Lipinski definition) is 2. The first-order chi connectivity index (χ1) is 7.15. The molecule has 1 aliphatic rings. The van der Waals surface area contributed by atoms with E-state index < -0.39 is 6.17 Å². The highest BCUT2D eigenvalue weighted by Crippen LogP contribution is 2.15. The summed E-state index contributed by atoms with van der Waals surface area (Å²) >= 11 is 0. The summed E-state index contributed by atoms with van der Waals surface area (Å²) in [7, 11) is 3.65. The van der Waals surface area contributed by atoms with Crippen LogP contribution in [0, 0.1) is 0 Å². The highest BCUT2D eigenvalue weighted by atomic mass is 19.1. The Bertz CT molecular complexity index is 154. The van der Waals surface area contributed by atoms with Crippen molar-refractivity contribution < 1.29 is 9.18 Å². The zero-order valence-corrected chi connectivity index (χ0v) is 10.8. The van der Waals surface area contributed by atoms with Crippen LogP contribution in [0.2, 0.25) is 0 Å². The Kier molecular flexibility index (Phi) is 11.1. The molecule has 0 aromatic heterocycles. The number of carbonyl (C=O) groups is 1. The van der Waals surface area contributed by atoms with Gasteiger partial charge in [0.15, 0.2) is 0 Å². The van der Waals surface area contributed by atoms with Gasteiger partial charge in [0.25, 0.3) is 0 Å². The third-order valence-corrected chi connectivity index (χ3v) is 2.06. The van der Waals surface area contributed by atoms with Gasteiger partial charge in [0, 0.05) is 6.54 Å². The lowest BCUT2D eigenvalue weighted by Gasteiger charge is -2.19. The van der Waals surface area contributed by atoms with Crippen molar-refractivity contribution in [3.8, 4) is 0 Å². The van der Waals surface area contributed by atoms with Crippen molar-refractivity contribution >= 4 is 6.41 Å². The van der Waals surface area contributed by atoms with E-state index in [0.717, 1.165) is 0 Å². The van der Waals surface area contributed by atoms with Crippen LogP contribution < -0.4 is 0 Å². The summed E-state index contributed by atoms with van der Waals surface area (Å²) < 4.78 is 13.0. The first-order valence-electron chi connectivity index (χ1n) is 5.65. The van der Waals surface area contributed by atoms with Crippen LogP contribution in [-0.4, -0.2) is 55.6 Å². The SMILES string of the molecule is CC.CC.CN(C)C1CN(C=O)CC1F. The molecule has 0 aromatic rings. The van der Waals surface area contributed by atoms with Crippen molar-refractivity contribution in [2.75, 3.05) is 27.2 Å². The monoisotopic (exact) mass is 220 g/mol. The first kappa shape index (κ1) is 16.8. The van der Waals surface area contributed by atoms with E-state index in [1.165, 1.54) is 4.90 Å². The van der Waals surface area contributed by atoms with Crippen LogP contribution in [0.5, 0.6) is 0 Å². The van der Waals surface area contributed by atoms with E-state index in [4.69, 9.17) is 0 Å². The molecule has 3 nitrogen and oxygen atoms in total. The van der Waals surface area contributed by atoms with Crippen molar-refractivity contribution in [2.45, 2.75) is 39.9 Å². The quantitative estimate of drug-likeness (QED) is 0.662.